The SMILES string of the molecule is CC(C)C1(CNc2cccc(C#N)c2N)CC1. The molecular formula is C14H19N3. The number of rotatable bonds is 4. The molecule has 3 heteroatoms. The third kappa shape index (κ3) is 2.21. The van der Waals surface area contributed by atoms with Gasteiger partial charge in [-0.15, -0.1) is 0 Å². The van der Waals surface area contributed by atoms with Gasteiger partial charge in [0.2, 0.25) is 0 Å². The van der Waals surface area contributed by atoms with Crippen molar-refractivity contribution >= 4 is 11.4 Å². The maximum Gasteiger partial charge on any atom is 0.101 e. The average molecular weight is 229 g/mol. The zero-order chi connectivity index (χ0) is 12.5. The van der Waals surface area contributed by atoms with Crippen molar-refractivity contribution in [3.8, 4) is 6.07 Å². The first-order valence-electron chi connectivity index (χ1n) is 6.11. The lowest BCUT2D eigenvalue weighted by atomic mass is 9.92. The van der Waals surface area contributed by atoms with Gasteiger partial charge >= 0.3 is 0 Å². The Morgan fingerprint density at radius 3 is 2.71 bits per heavy atom. The highest BCUT2D eigenvalue weighted by atomic mass is 14.9. The fraction of sp³-hybridized carbons (Fsp3) is 0.500. The summed E-state index contributed by atoms with van der Waals surface area (Å²) in [5.74, 6) is 0.690. The summed E-state index contributed by atoms with van der Waals surface area (Å²) in [5, 5.41) is 12.3. The molecule has 0 radical (unpaired) electrons. The minimum Gasteiger partial charge on any atom is -0.396 e. The first-order chi connectivity index (χ1) is 8.09. The predicted octanol–water partition coefficient (Wildman–Crippen LogP) is 2.99. The summed E-state index contributed by atoms with van der Waals surface area (Å²) in [5.41, 5.74) is 8.37. The number of nitrogens with two attached hydrogens (primary N) is 1. The Hall–Kier alpha value is -1.69. The van der Waals surface area contributed by atoms with Crippen molar-refractivity contribution < 1.29 is 0 Å². The molecule has 3 nitrogen and oxygen atoms in total. The number of benzene rings is 1. The van der Waals surface area contributed by atoms with Gasteiger partial charge in [-0.05, 0) is 36.3 Å². The Balaban J connectivity index is 2.08. The third-order valence-corrected chi connectivity index (χ3v) is 3.97. The summed E-state index contributed by atoms with van der Waals surface area (Å²) in [7, 11) is 0. The minimum absolute atomic E-state index is 0.440. The second-order valence-corrected chi connectivity index (χ2v) is 5.25. The van der Waals surface area contributed by atoms with Crippen LogP contribution in [0.5, 0.6) is 0 Å². The van der Waals surface area contributed by atoms with Crippen LogP contribution in [0, 0.1) is 22.7 Å². The van der Waals surface area contributed by atoms with Gasteiger partial charge in [-0.25, -0.2) is 0 Å². The molecule has 0 aromatic heterocycles. The summed E-state index contributed by atoms with van der Waals surface area (Å²) in [6.07, 6.45) is 2.57. The second kappa shape index (κ2) is 4.29. The van der Waals surface area contributed by atoms with Gasteiger partial charge < -0.3 is 11.1 Å². The largest absolute Gasteiger partial charge is 0.396 e. The van der Waals surface area contributed by atoms with E-state index in [9.17, 15) is 0 Å². The van der Waals surface area contributed by atoms with Crippen LogP contribution in [-0.4, -0.2) is 6.54 Å². The lowest BCUT2D eigenvalue weighted by Gasteiger charge is -2.21. The molecule has 1 aromatic rings. The van der Waals surface area contributed by atoms with Crippen molar-refractivity contribution in [3.63, 3.8) is 0 Å². The Labute approximate surface area is 103 Å². The van der Waals surface area contributed by atoms with Crippen molar-refractivity contribution in [2.45, 2.75) is 26.7 Å². The molecule has 17 heavy (non-hydrogen) atoms. The van der Waals surface area contributed by atoms with E-state index in [0.29, 0.717) is 22.6 Å². The topological polar surface area (TPSA) is 61.8 Å². The van der Waals surface area contributed by atoms with Crippen molar-refractivity contribution in [2.24, 2.45) is 11.3 Å². The number of nitrogen functional groups attached to an aromatic ring is 1. The van der Waals surface area contributed by atoms with Crippen LogP contribution in [0.25, 0.3) is 0 Å². The molecule has 0 spiro atoms. The highest BCUT2D eigenvalue weighted by Gasteiger charge is 2.44. The van der Waals surface area contributed by atoms with Crippen LogP contribution in [-0.2, 0) is 0 Å². The highest BCUT2D eigenvalue weighted by molar-refractivity contribution is 5.72. The molecule has 1 aliphatic rings. The van der Waals surface area contributed by atoms with Gasteiger partial charge in [0, 0.05) is 6.54 Å². The maximum absolute atomic E-state index is 8.91. The van der Waals surface area contributed by atoms with Crippen LogP contribution in [0.1, 0.15) is 32.3 Å². The molecule has 1 fully saturated rings. The number of nitrogens with zero attached hydrogens (tertiary/aromatic N) is 1. The number of nitriles is 1. The number of hydrogen-bond acceptors (Lipinski definition) is 3. The molecule has 0 unspecified atom stereocenters. The van der Waals surface area contributed by atoms with E-state index >= 15 is 0 Å². The molecule has 0 saturated heterocycles. The lowest BCUT2D eigenvalue weighted by Crippen LogP contribution is -2.21. The van der Waals surface area contributed by atoms with Crippen molar-refractivity contribution in [3.05, 3.63) is 23.8 Å². The molecule has 0 heterocycles. The fourth-order valence-electron chi connectivity index (χ4n) is 2.21. The van der Waals surface area contributed by atoms with Crippen LogP contribution < -0.4 is 11.1 Å². The summed E-state index contributed by atoms with van der Waals surface area (Å²) >= 11 is 0. The molecule has 0 amide bonds. The molecule has 1 aromatic carbocycles. The zero-order valence-corrected chi connectivity index (χ0v) is 10.5. The van der Waals surface area contributed by atoms with E-state index in [-0.39, 0.29) is 0 Å². The minimum atomic E-state index is 0.440. The number of hydrogen-bond donors (Lipinski definition) is 2. The second-order valence-electron chi connectivity index (χ2n) is 5.25. The quantitative estimate of drug-likeness (QED) is 0.780. The first kappa shape index (κ1) is 11.8. The standard InChI is InChI=1S/C14H19N3/c1-10(2)14(6-7-14)9-17-12-5-3-4-11(8-15)13(12)16/h3-5,10,17H,6-7,9,16H2,1-2H3. The van der Waals surface area contributed by atoms with Crippen molar-refractivity contribution in [2.75, 3.05) is 17.6 Å². The van der Waals surface area contributed by atoms with Crippen molar-refractivity contribution in [1.29, 1.82) is 5.26 Å². The molecule has 0 bridgehead atoms. The van der Waals surface area contributed by atoms with E-state index in [0.717, 1.165) is 12.2 Å². The van der Waals surface area contributed by atoms with Gasteiger partial charge in [0.15, 0.2) is 0 Å². The molecular weight excluding hydrogens is 210 g/mol. The van der Waals surface area contributed by atoms with Crippen LogP contribution in [0.15, 0.2) is 18.2 Å². The number of para-hydroxylation sites is 1. The first-order valence-corrected chi connectivity index (χ1v) is 6.11. The molecule has 3 N–H and O–H groups in total. The molecule has 0 atom stereocenters. The summed E-state index contributed by atoms with van der Waals surface area (Å²) in [6.45, 7) is 5.48. The third-order valence-electron chi connectivity index (χ3n) is 3.97. The van der Waals surface area contributed by atoms with E-state index < -0.39 is 0 Å². The van der Waals surface area contributed by atoms with Gasteiger partial charge in [-0.1, -0.05) is 19.9 Å². The van der Waals surface area contributed by atoms with Gasteiger partial charge in [0.05, 0.1) is 16.9 Å². The highest BCUT2D eigenvalue weighted by Crippen LogP contribution is 2.51. The Kier molecular flexibility index (Phi) is 2.97. The van der Waals surface area contributed by atoms with Gasteiger partial charge in [0.1, 0.15) is 6.07 Å². The molecule has 1 aliphatic carbocycles. The van der Waals surface area contributed by atoms with Crippen LogP contribution in [0.4, 0.5) is 11.4 Å². The Bertz CT molecular complexity index is 453. The smallest absolute Gasteiger partial charge is 0.101 e. The lowest BCUT2D eigenvalue weighted by molar-refractivity contribution is 0.380. The average Bonchev–Trinajstić information content (AvgIpc) is 3.09. The van der Waals surface area contributed by atoms with Crippen LogP contribution >= 0.6 is 0 Å². The predicted molar refractivity (Wildman–Crippen MR) is 70.6 cm³/mol. The molecule has 0 aliphatic heterocycles. The fourth-order valence-corrected chi connectivity index (χ4v) is 2.21. The van der Waals surface area contributed by atoms with Gasteiger partial charge in [-0.3, -0.25) is 0 Å². The van der Waals surface area contributed by atoms with Crippen LogP contribution in [0.3, 0.4) is 0 Å². The van der Waals surface area contributed by atoms with E-state index in [2.05, 4.69) is 25.2 Å². The maximum atomic E-state index is 8.91. The van der Waals surface area contributed by atoms with Crippen LogP contribution in [0.2, 0.25) is 0 Å². The normalized spacial score (nSPS) is 16.6. The monoisotopic (exact) mass is 229 g/mol. The van der Waals surface area contributed by atoms with E-state index in [1.165, 1.54) is 12.8 Å². The Morgan fingerprint density at radius 2 is 2.18 bits per heavy atom. The summed E-state index contributed by atoms with van der Waals surface area (Å²) in [4.78, 5) is 0. The molecule has 90 valence electrons. The zero-order valence-electron chi connectivity index (χ0n) is 10.5. The summed E-state index contributed by atoms with van der Waals surface area (Å²) in [6, 6.07) is 7.66. The van der Waals surface area contributed by atoms with Crippen molar-refractivity contribution in [1.82, 2.24) is 0 Å². The Morgan fingerprint density at radius 1 is 1.47 bits per heavy atom. The van der Waals surface area contributed by atoms with Gasteiger partial charge in [0.25, 0.3) is 0 Å². The molecule has 2 rings (SSSR count). The molecule has 1 saturated carbocycles. The number of nitrogens with one attached hydrogen (secondary N) is 1. The van der Waals surface area contributed by atoms with E-state index in [1.807, 2.05) is 12.1 Å². The number of anilines is 2. The summed E-state index contributed by atoms with van der Waals surface area (Å²) < 4.78 is 0. The van der Waals surface area contributed by atoms with Gasteiger partial charge in [-0.2, -0.15) is 5.26 Å². The van der Waals surface area contributed by atoms with E-state index in [4.69, 9.17) is 11.0 Å². The van der Waals surface area contributed by atoms with E-state index in [1.54, 1.807) is 6.07 Å².